The van der Waals surface area contributed by atoms with Crippen LogP contribution in [-0.2, 0) is 39.8 Å². The summed E-state index contributed by atoms with van der Waals surface area (Å²) in [6, 6.07) is 7.89. The number of carbonyl (C=O) groups excluding carboxylic acids is 3. The fourth-order valence-electron chi connectivity index (χ4n) is 6.13. The van der Waals surface area contributed by atoms with E-state index in [1.165, 1.54) is 24.3 Å². The lowest BCUT2D eigenvalue weighted by Gasteiger charge is -2.40. The summed E-state index contributed by atoms with van der Waals surface area (Å²) in [5.74, 6) is -2.90. The average molecular weight is 676 g/mol. The molecule has 6 N–H and O–H groups in total. The molecule has 1 aromatic heterocycles. The molecule has 13 heteroatoms. The number of nitrogens with one attached hydrogen (secondary N) is 4. The molecular formula is C34H41F4N5O3S. The van der Waals surface area contributed by atoms with Crippen LogP contribution >= 0.6 is 12.2 Å². The SMILES string of the molecule is CCC(C)[C@H](NC(=O)Cc1ccccc1F)C(=O)N[C@]1(C(=O)NC(C(N)=S)[C@@H](C)CC)CCc2[nH]c3c(C(F)(F)F)cccc3c2C1. The standard InChI is InChI=1S/C34H41F4N5O3S/c1-5-18(3)27(30(39)47)42-32(46)33(15-14-25-22(17-33)21-11-9-12-23(29(21)40-25)34(36,37)38)43-31(45)28(19(4)6-2)41-26(44)16-20-10-7-8-13-24(20)35/h7-13,18-19,27-28,40H,5-6,14-17H2,1-4H3,(H2,39,47)(H,41,44)(H,42,46)(H,43,45)/t18-,19?,27?,28-,33+/m0/s1. The van der Waals surface area contributed by atoms with E-state index in [1.807, 2.05) is 20.8 Å². The molecule has 0 aliphatic heterocycles. The van der Waals surface area contributed by atoms with Gasteiger partial charge < -0.3 is 26.7 Å². The molecule has 1 aliphatic carbocycles. The minimum Gasteiger partial charge on any atom is -0.392 e. The summed E-state index contributed by atoms with van der Waals surface area (Å²) < 4.78 is 56.0. The Hall–Kier alpha value is -4.00. The number of aromatic nitrogens is 1. The normalized spacial score (nSPS) is 18.8. The molecular weight excluding hydrogens is 634 g/mol. The zero-order valence-electron chi connectivity index (χ0n) is 26.8. The second-order valence-corrected chi connectivity index (χ2v) is 13.0. The maximum Gasteiger partial charge on any atom is 0.418 e. The summed E-state index contributed by atoms with van der Waals surface area (Å²) in [7, 11) is 0. The Labute approximate surface area is 276 Å². The first-order valence-corrected chi connectivity index (χ1v) is 16.2. The number of halogens is 4. The van der Waals surface area contributed by atoms with E-state index in [1.54, 1.807) is 19.1 Å². The van der Waals surface area contributed by atoms with Gasteiger partial charge in [0.2, 0.25) is 17.7 Å². The highest BCUT2D eigenvalue weighted by Gasteiger charge is 2.47. The van der Waals surface area contributed by atoms with Crippen LogP contribution < -0.4 is 21.7 Å². The van der Waals surface area contributed by atoms with Crippen LogP contribution in [0.15, 0.2) is 42.5 Å². The Morgan fingerprint density at radius 1 is 1.00 bits per heavy atom. The summed E-state index contributed by atoms with van der Waals surface area (Å²) in [4.78, 5) is 44.4. The molecule has 2 unspecified atom stereocenters. The third-order valence-corrected chi connectivity index (χ3v) is 9.59. The molecule has 254 valence electrons. The number of rotatable bonds is 12. The Bertz CT molecular complexity index is 1660. The fraction of sp³-hybridized carbons (Fsp3) is 0.471. The first-order valence-electron chi connectivity index (χ1n) is 15.8. The maximum atomic E-state index is 14.3. The van der Waals surface area contributed by atoms with Crippen LogP contribution in [0.4, 0.5) is 17.6 Å². The van der Waals surface area contributed by atoms with Crippen LogP contribution in [0.2, 0.25) is 0 Å². The summed E-state index contributed by atoms with van der Waals surface area (Å²) in [6.45, 7) is 7.39. The molecule has 3 aromatic rings. The van der Waals surface area contributed by atoms with Crippen molar-refractivity contribution < 1.29 is 31.9 Å². The van der Waals surface area contributed by atoms with Crippen molar-refractivity contribution in [1.29, 1.82) is 0 Å². The second kappa shape index (κ2) is 14.4. The number of para-hydroxylation sites is 1. The second-order valence-electron chi connectivity index (χ2n) is 12.5. The Morgan fingerprint density at radius 3 is 2.28 bits per heavy atom. The van der Waals surface area contributed by atoms with Gasteiger partial charge in [0.05, 0.1) is 28.5 Å². The van der Waals surface area contributed by atoms with Gasteiger partial charge in [0, 0.05) is 17.5 Å². The van der Waals surface area contributed by atoms with Gasteiger partial charge in [-0.05, 0) is 47.9 Å². The minimum absolute atomic E-state index is 0.0483. The number of thiocarbonyl (C=S) groups is 1. The van der Waals surface area contributed by atoms with Gasteiger partial charge in [0.25, 0.3) is 0 Å². The predicted molar refractivity (Wildman–Crippen MR) is 176 cm³/mol. The third-order valence-electron chi connectivity index (χ3n) is 9.34. The van der Waals surface area contributed by atoms with Crippen molar-refractivity contribution in [2.75, 3.05) is 0 Å². The van der Waals surface area contributed by atoms with Crippen LogP contribution in [0.3, 0.4) is 0 Å². The molecule has 0 fully saturated rings. The summed E-state index contributed by atoms with van der Waals surface area (Å²) in [5.41, 5.74) is 4.65. The number of H-pyrrole nitrogens is 1. The van der Waals surface area contributed by atoms with Crippen LogP contribution in [0, 0.1) is 17.7 Å². The van der Waals surface area contributed by atoms with Gasteiger partial charge in [0.1, 0.15) is 17.4 Å². The zero-order chi connectivity index (χ0) is 34.7. The number of benzene rings is 2. The number of carbonyl (C=O) groups is 3. The van der Waals surface area contributed by atoms with E-state index in [2.05, 4.69) is 20.9 Å². The van der Waals surface area contributed by atoms with Gasteiger partial charge in [-0.3, -0.25) is 14.4 Å². The molecule has 1 aliphatic rings. The molecule has 1 heterocycles. The molecule has 0 spiro atoms. The highest BCUT2D eigenvalue weighted by molar-refractivity contribution is 7.80. The molecule has 0 saturated carbocycles. The van der Waals surface area contributed by atoms with Crippen molar-refractivity contribution >= 4 is 45.8 Å². The third kappa shape index (κ3) is 7.77. The number of amides is 3. The number of fused-ring (bicyclic) bond motifs is 3. The molecule has 8 nitrogen and oxygen atoms in total. The molecule has 0 saturated heterocycles. The minimum atomic E-state index is -4.61. The number of aryl methyl sites for hydroxylation is 1. The fourth-order valence-corrected chi connectivity index (χ4v) is 6.42. The molecule has 3 amide bonds. The van der Waals surface area contributed by atoms with Crippen molar-refractivity contribution in [3.63, 3.8) is 0 Å². The van der Waals surface area contributed by atoms with Crippen LogP contribution in [-0.4, -0.2) is 45.3 Å². The zero-order valence-corrected chi connectivity index (χ0v) is 27.6. The summed E-state index contributed by atoms with van der Waals surface area (Å²) in [5, 5.41) is 8.84. The molecule has 0 bridgehead atoms. The highest BCUT2D eigenvalue weighted by atomic mass is 32.1. The average Bonchev–Trinajstić information content (AvgIpc) is 3.39. The largest absolute Gasteiger partial charge is 0.418 e. The molecule has 0 radical (unpaired) electrons. The van der Waals surface area contributed by atoms with Gasteiger partial charge in [-0.25, -0.2) is 4.39 Å². The van der Waals surface area contributed by atoms with Crippen LogP contribution in [0.1, 0.15) is 69.3 Å². The molecule has 47 heavy (non-hydrogen) atoms. The number of hydrogen-bond acceptors (Lipinski definition) is 4. The lowest BCUT2D eigenvalue weighted by atomic mass is 9.78. The van der Waals surface area contributed by atoms with Crippen molar-refractivity contribution in [2.24, 2.45) is 17.6 Å². The number of alkyl halides is 3. The van der Waals surface area contributed by atoms with E-state index in [4.69, 9.17) is 18.0 Å². The number of hydrogen-bond donors (Lipinski definition) is 5. The number of nitrogens with two attached hydrogens (primary N) is 1. The van der Waals surface area contributed by atoms with Gasteiger partial charge in [-0.15, -0.1) is 0 Å². The smallest absolute Gasteiger partial charge is 0.392 e. The van der Waals surface area contributed by atoms with E-state index in [0.29, 0.717) is 29.5 Å². The topological polar surface area (TPSA) is 129 Å². The van der Waals surface area contributed by atoms with Crippen molar-refractivity contribution in [1.82, 2.24) is 20.9 Å². The van der Waals surface area contributed by atoms with Gasteiger partial charge in [-0.1, -0.05) is 83.1 Å². The molecule has 4 rings (SSSR count). The Kier molecular flexibility index (Phi) is 11.0. The van der Waals surface area contributed by atoms with Gasteiger partial charge in [-0.2, -0.15) is 13.2 Å². The van der Waals surface area contributed by atoms with Gasteiger partial charge >= 0.3 is 6.18 Å². The number of aromatic amines is 1. The Balaban J connectivity index is 1.72. The molecule has 2 aromatic carbocycles. The van der Waals surface area contributed by atoms with E-state index in [-0.39, 0.29) is 53.6 Å². The van der Waals surface area contributed by atoms with Crippen molar-refractivity contribution in [3.05, 3.63) is 70.7 Å². The van der Waals surface area contributed by atoms with E-state index < -0.39 is 52.9 Å². The highest BCUT2D eigenvalue weighted by Crippen LogP contribution is 2.40. The maximum absolute atomic E-state index is 14.3. The lowest BCUT2D eigenvalue weighted by Crippen LogP contribution is -2.67. The van der Waals surface area contributed by atoms with Crippen molar-refractivity contribution in [2.45, 2.75) is 90.0 Å². The summed E-state index contributed by atoms with van der Waals surface area (Å²) >= 11 is 5.26. The first-order chi connectivity index (χ1) is 22.1. The van der Waals surface area contributed by atoms with Crippen LogP contribution in [0.5, 0.6) is 0 Å². The lowest BCUT2D eigenvalue weighted by molar-refractivity contribution is -0.137. The summed E-state index contributed by atoms with van der Waals surface area (Å²) in [6.07, 6.45) is -3.71. The van der Waals surface area contributed by atoms with Crippen molar-refractivity contribution in [3.8, 4) is 0 Å². The monoisotopic (exact) mass is 675 g/mol. The first kappa shape index (κ1) is 35.8. The van der Waals surface area contributed by atoms with E-state index in [9.17, 15) is 31.9 Å². The van der Waals surface area contributed by atoms with E-state index >= 15 is 0 Å². The quantitative estimate of drug-likeness (QED) is 0.132. The molecule has 5 atom stereocenters. The van der Waals surface area contributed by atoms with Crippen LogP contribution in [0.25, 0.3) is 10.9 Å². The van der Waals surface area contributed by atoms with E-state index in [0.717, 1.165) is 6.07 Å². The predicted octanol–water partition coefficient (Wildman–Crippen LogP) is 5.26. The van der Waals surface area contributed by atoms with Gasteiger partial charge in [0.15, 0.2) is 0 Å². The Morgan fingerprint density at radius 2 is 1.66 bits per heavy atom.